The summed E-state index contributed by atoms with van der Waals surface area (Å²) in [4.78, 5) is 25.2. The first-order valence-electron chi connectivity index (χ1n) is 11.9. The molecule has 0 saturated heterocycles. The predicted molar refractivity (Wildman–Crippen MR) is 144 cm³/mol. The third-order valence-corrected chi connectivity index (χ3v) is 8.60. The Kier molecular flexibility index (Phi) is 9.47. The fraction of sp³-hybridized carbons (Fsp3) is 0.231. The molecule has 212 valence electrons. The van der Waals surface area contributed by atoms with E-state index in [9.17, 15) is 23.2 Å². The number of halogens is 1. The molecule has 0 saturated carbocycles. The zero-order valence-corrected chi connectivity index (χ0v) is 23.6. The van der Waals surface area contributed by atoms with Gasteiger partial charge in [0.25, 0.3) is 5.91 Å². The lowest BCUT2D eigenvalue weighted by molar-refractivity contribution is -0.133. The predicted octanol–water partition coefficient (Wildman–Crippen LogP) is 3.18. The maximum atomic E-state index is 13.8. The minimum absolute atomic E-state index is 0.0216. The van der Waals surface area contributed by atoms with Crippen molar-refractivity contribution >= 4 is 38.0 Å². The molecule has 0 radical (unpaired) electrons. The van der Waals surface area contributed by atoms with Crippen LogP contribution in [0.2, 0.25) is 0 Å². The number of amides is 2. The van der Waals surface area contributed by atoms with Gasteiger partial charge in [0.15, 0.2) is 11.5 Å². The number of benzene rings is 3. The SMILES string of the molecule is COc1ccc(S(=O)(=O)N(Cc2ccc3c(c2)OCO3)[C@H](CNC(=O)OCc2ccccc2Br)C(=O)NO)cc1. The van der Waals surface area contributed by atoms with E-state index in [0.29, 0.717) is 28.4 Å². The van der Waals surface area contributed by atoms with Crippen molar-refractivity contribution in [2.45, 2.75) is 24.1 Å². The smallest absolute Gasteiger partial charge is 0.407 e. The van der Waals surface area contributed by atoms with Crippen LogP contribution in [0, 0.1) is 0 Å². The van der Waals surface area contributed by atoms with Crippen LogP contribution in [0.1, 0.15) is 11.1 Å². The molecule has 3 aromatic carbocycles. The monoisotopic (exact) mass is 635 g/mol. The Balaban J connectivity index is 1.60. The topological polar surface area (TPSA) is 153 Å². The van der Waals surface area contributed by atoms with Crippen LogP contribution >= 0.6 is 15.9 Å². The molecular formula is C26H26BrN3O9S. The minimum Gasteiger partial charge on any atom is -0.497 e. The van der Waals surface area contributed by atoms with Crippen molar-refractivity contribution in [3.05, 3.63) is 82.3 Å². The van der Waals surface area contributed by atoms with E-state index in [-0.39, 0.29) is 24.8 Å². The van der Waals surface area contributed by atoms with Gasteiger partial charge >= 0.3 is 6.09 Å². The highest BCUT2D eigenvalue weighted by Gasteiger charge is 2.37. The van der Waals surface area contributed by atoms with Crippen LogP contribution < -0.4 is 25.0 Å². The molecule has 1 aliphatic heterocycles. The van der Waals surface area contributed by atoms with E-state index in [1.807, 2.05) is 6.07 Å². The van der Waals surface area contributed by atoms with Crippen molar-refractivity contribution in [2.75, 3.05) is 20.4 Å². The molecule has 1 heterocycles. The number of ether oxygens (including phenoxy) is 4. The Morgan fingerprint density at radius 1 is 1.07 bits per heavy atom. The van der Waals surface area contributed by atoms with Gasteiger partial charge in [0.1, 0.15) is 18.4 Å². The van der Waals surface area contributed by atoms with Gasteiger partial charge in [0.05, 0.1) is 12.0 Å². The van der Waals surface area contributed by atoms with Gasteiger partial charge in [0.2, 0.25) is 16.8 Å². The van der Waals surface area contributed by atoms with Gasteiger partial charge < -0.3 is 24.3 Å². The molecule has 0 unspecified atom stereocenters. The molecule has 0 bridgehead atoms. The highest BCUT2D eigenvalue weighted by atomic mass is 79.9. The van der Waals surface area contributed by atoms with Gasteiger partial charge in [-0.3, -0.25) is 10.0 Å². The van der Waals surface area contributed by atoms with Gasteiger partial charge in [0, 0.05) is 23.1 Å². The Morgan fingerprint density at radius 2 is 1.80 bits per heavy atom. The van der Waals surface area contributed by atoms with Crippen LogP contribution in [0.25, 0.3) is 0 Å². The standard InChI is InChI=1S/C26H26BrN3O9S/c1-36-19-7-9-20(10-8-19)40(34,35)30(14-17-6-11-23-24(12-17)39-16-38-23)22(25(31)29-33)13-28-26(32)37-15-18-4-2-3-5-21(18)27/h2-12,22,33H,13-16H2,1H3,(H,28,32)(H,29,31)/t22-/m1/s1. The van der Waals surface area contributed by atoms with E-state index >= 15 is 0 Å². The molecule has 3 N–H and O–H groups in total. The average Bonchev–Trinajstić information content (AvgIpc) is 3.44. The second-order valence-corrected chi connectivity index (χ2v) is 11.2. The summed E-state index contributed by atoms with van der Waals surface area (Å²) in [5.41, 5.74) is 2.66. The number of fused-ring (bicyclic) bond motifs is 1. The van der Waals surface area contributed by atoms with Crippen LogP contribution in [-0.2, 0) is 32.7 Å². The molecule has 0 aromatic heterocycles. The number of nitrogens with one attached hydrogen (secondary N) is 2. The molecule has 0 fully saturated rings. The molecule has 2 amide bonds. The summed E-state index contributed by atoms with van der Waals surface area (Å²) >= 11 is 3.37. The van der Waals surface area contributed by atoms with Gasteiger partial charge in [-0.05, 0) is 48.0 Å². The molecule has 3 aromatic rings. The number of hydrogen-bond acceptors (Lipinski definition) is 9. The van der Waals surface area contributed by atoms with E-state index in [2.05, 4.69) is 21.2 Å². The Hall–Kier alpha value is -3.85. The third-order valence-electron chi connectivity index (χ3n) is 5.96. The fourth-order valence-electron chi connectivity index (χ4n) is 3.85. The highest BCUT2D eigenvalue weighted by molar-refractivity contribution is 9.10. The van der Waals surface area contributed by atoms with Gasteiger partial charge in [-0.25, -0.2) is 18.7 Å². The number of sulfonamides is 1. The fourth-order valence-corrected chi connectivity index (χ4v) is 5.83. The number of nitrogens with zero attached hydrogens (tertiary/aromatic N) is 1. The first-order valence-corrected chi connectivity index (χ1v) is 14.1. The normalized spacial score (nSPS) is 13.0. The summed E-state index contributed by atoms with van der Waals surface area (Å²) in [5, 5.41) is 11.9. The largest absolute Gasteiger partial charge is 0.497 e. The molecule has 0 aliphatic carbocycles. The van der Waals surface area contributed by atoms with Crippen LogP contribution in [0.15, 0.2) is 76.1 Å². The number of carbonyl (C=O) groups excluding carboxylic acids is 2. The zero-order valence-electron chi connectivity index (χ0n) is 21.2. The quantitative estimate of drug-likeness (QED) is 0.213. The Bertz CT molecular complexity index is 1470. The van der Waals surface area contributed by atoms with Gasteiger partial charge in [-0.2, -0.15) is 4.31 Å². The maximum Gasteiger partial charge on any atom is 0.407 e. The molecule has 12 nitrogen and oxygen atoms in total. The minimum atomic E-state index is -4.37. The van der Waals surface area contributed by atoms with Crippen LogP contribution in [0.4, 0.5) is 4.79 Å². The summed E-state index contributed by atoms with van der Waals surface area (Å²) < 4.78 is 50.4. The molecule has 1 aliphatic rings. The van der Waals surface area contributed by atoms with Gasteiger partial charge in [-0.1, -0.05) is 40.2 Å². The lowest BCUT2D eigenvalue weighted by atomic mass is 10.2. The van der Waals surface area contributed by atoms with E-state index in [1.54, 1.807) is 36.4 Å². The van der Waals surface area contributed by atoms with Crippen molar-refractivity contribution in [1.82, 2.24) is 15.1 Å². The highest BCUT2D eigenvalue weighted by Crippen LogP contribution is 2.34. The number of rotatable bonds is 11. The van der Waals surface area contributed by atoms with E-state index in [1.165, 1.54) is 36.9 Å². The van der Waals surface area contributed by atoms with Crippen LogP contribution in [-0.4, -0.2) is 56.4 Å². The second-order valence-electron chi connectivity index (χ2n) is 8.45. The maximum absolute atomic E-state index is 13.8. The van der Waals surface area contributed by atoms with E-state index in [0.717, 1.165) is 8.78 Å². The zero-order chi connectivity index (χ0) is 28.7. The molecule has 14 heteroatoms. The van der Waals surface area contributed by atoms with E-state index < -0.39 is 34.6 Å². The summed E-state index contributed by atoms with van der Waals surface area (Å²) in [6.07, 6.45) is -0.892. The van der Waals surface area contributed by atoms with Crippen molar-refractivity contribution in [1.29, 1.82) is 0 Å². The molecule has 40 heavy (non-hydrogen) atoms. The van der Waals surface area contributed by atoms with Crippen molar-refractivity contribution in [3.63, 3.8) is 0 Å². The van der Waals surface area contributed by atoms with Crippen LogP contribution in [0.5, 0.6) is 17.2 Å². The van der Waals surface area contributed by atoms with Crippen molar-refractivity contribution in [3.8, 4) is 17.2 Å². The average molecular weight is 636 g/mol. The Labute approximate surface area is 238 Å². The number of methoxy groups -OCH3 is 1. The number of hydrogen-bond donors (Lipinski definition) is 3. The van der Waals surface area contributed by atoms with Crippen LogP contribution in [0.3, 0.4) is 0 Å². The number of carbonyl (C=O) groups is 2. The van der Waals surface area contributed by atoms with Crippen molar-refractivity contribution in [2.24, 2.45) is 0 Å². The van der Waals surface area contributed by atoms with Crippen molar-refractivity contribution < 1.29 is 42.2 Å². The first kappa shape index (κ1) is 29.1. The summed E-state index contributed by atoms with van der Waals surface area (Å²) in [6.45, 7) is -0.874. The third kappa shape index (κ3) is 6.83. The number of alkyl carbamates (subject to hydrolysis) is 1. The molecular weight excluding hydrogens is 610 g/mol. The number of hydroxylamine groups is 1. The summed E-state index contributed by atoms with van der Waals surface area (Å²) in [6, 6.07) is 16.0. The lowest BCUT2D eigenvalue weighted by Crippen LogP contribution is -2.53. The summed E-state index contributed by atoms with van der Waals surface area (Å²) in [7, 11) is -2.92. The first-order chi connectivity index (χ1) is 19.2. The Morgan fingerprint density at radius 3 is 2.50 bits per heavy atom. The second kappa shape index (κ2) is 13.0. The summed E-state index contributed by atoms with van der Waals surface area (Å²) in [5.74, 6) is 0.271. The van der Waals surface area contributed by atoms with Gasteiger partial charge in [-0.15, -0.1) is 0 Å². The lowest BCUT2D eigenvalue weighted by Gasteiger charge is -2.29. The molecule has 0 spiro atoms. The molecule has 1 atom stereocenters. The molecule has 4 rings (SSSR count). The van der Waals surface area contributed by atoms with E-state index in [4.69, 9.17) is 18.9 Å².